The average molecular weight is 203 g/mol. The summed E-state index contributed by atoms with van der Waals surface area (Å²) in [5, 5.41) is 4.44. The molecule has 0 aliphatic rings. The third-order valence-electron chi connectivity index (χ3n) is 2.79. The van der Waals surface area contributed by atoms with Crippen molar-refractivity contribution in [3.63, 3.8) is 0 Å². The molecule has 0 aliphatic heterocycles. The van der Waals surface area contributed by atoms with Crippen LogP contribution in [0.1, 0.15) is 30.7 Å². The van der Waals surface area contributed by atoms with Crippen LogP contribution >= 0.6 is 0 Å². The zero-order chi connectivity index (χ0) is 10.8. The molecule has 0 amide bonds. The van der Waals surface area contributed by atoms with Crippen LogP contribution in [-0.4, -0.2) is 7.05 Å². The molecule has 1 atom stereocenters. The number of rotatable bonds is 3. The van der Waals surface area contributed by atoms with E-state index in [0.29, 0.717) is 6.04 Å². The molecule has 2 nitrogen and oxygen atoms in total. The largest absolute Gasteiger partial charge is 0.459 e. The van der Waals surface area contributed by atoms with Gasteiger partial charge < -0.3 is 9.73 Å². The van der Waals surface area contributed by atoms with Crippen molar-refractivity contribution in [1.29, 1.82) is 0 Å². The van der Waals surface area contributed by atoms with Crippen molar-refractivity contribution in [2.75, 3.05) is 7.05 Å². The minimum absolute atomic E-state index is 0.317. The molecule has 2 rings (SSSR count). The molecule has 1 heterocycles. The van der Waals surface area contributed by atoms with Gasteiger partial charge in [-0.1, -0.05) is 18.6 Å². The summed E-state index contributed by atoms with van der Waals surface area (Å²) in [7, 11) is 1.96. The normalized spacial score (nSPS) is 13.3. The van der Waals surface area contributed by atoms with Crippen LogP contribution in [0.3, 0.4) is 0 Å². The van der Waals surface area contributed by atoms with Crippen LogP contribution in [0, 0.1) is 6.92 Å². The van der Waals surface area contributed by atoms with Crippen LogP contribution < -0.4 is 5.32 Å². The Balaban J connectivity index is 2.46. The van der Waals surface area contributed by atoms with Crippen molar-refractivity contribution >= 4 is 11.0 Å². The molecule has 0 saturated heterocycles. The SMILES string of the molecule is CCC(NC)c1cc2cc(C)ccc2o1. The number of hydrogen-bond acceptors (Lipinski definition) is 2. The van der Waals surface area contributed by atoms with E-state index in [1.165, 1.54) is 10.9 Å². The highest BCUT2D eigenvalue weighted by Crippen LogP contribution is 2.25. The molecule has 1 aromatic heterocycles. The molecule has 0 aliphatic carbocycles. The van der Waals surface area contributed by atoms with Gasteiger partial charge in [0.25, 0.3) is 0 Å². The van der Waals surface area contributed by atoms with Crippen molar-refractivity contribution in [3.8, 4) is 0 Å². The van der Waals surface area contributed by atoms with E-state index in [2.05, 4.69) is 37.4 Å². The van der Waals surface area contributed by atoms with Gasteiger partial charge in [0.1, 0.15) is 11.3 Å². The first-order valence-electron chi connectivity index (χ1n) is 5.42. The monoisotopic (exact) mass is 203 g/mol. The number of fused-ring (bicyclic) bond motifs is 1. The first kappa shape index (κ1) is 10.2. The summed E-state index contributed by atoms with van der Waals surface area (Å²) in [6.07, 6.45) is 1.04. The van der Waals surface area contributed by atoms with Gasteiger partial charge in [0.15, 0.2) is 0 Å². The van der Waals surface area contributed by atoms with Crippen molar-refractivity contribution in [2.24, 2.45) is 0 Å². The summed E-state index contributed by atoms with van der Waals surface area (Å²) in [6, 6.07) is 8.72. The zero-order valence-electron chi connectivity index (χ0n) is 9.50. The molecule has 0 saturated carbocycles. The summed E-state index contributed by atoms with van der Waals surface area (Å²) in [4.78, 5) is 0. The Morgan fingerprint density at radius 3 is 2.80 bits per heavy atom. The molecule has 0 spiro atoms. The minimum atomic E-state index is 0.317. The van der Waals surface area contributed by atoms with Gasteiger partial charge in [0.2, 0.25) is 0 Å². The first-order chi connectivity index (χ1) is 7.24. The molecule has 2 aromatic rings. The Labute approximate surface area is 90.3 Å². The standard InChI is InChI=1S/C13H17NO/c1-4-11(14-3)13-8-10-7-9(2)5-6-12(10)15-13/h5-8,11,14H,4H2,1-3H3. The van der Waals surface area contributed by atoms with Gasteiger partial charge in [-0.05, 0) is 38.6 Å². The molecule has 0 bridgehead atoms. The molecular formula is C13H17NO. The highest BCUT2D eigenvalue weighted by Gasteiger charge is 2.11. The fourth-order valence-electron chi connectivity index (χ4n) is 1.90. The molecule has 2 heteroatoms. The van der Waals surface area contributed by atoms with Gasteiger partial charge in [-0.3, -0.25) is 0 Å². The Morgan fingerprint density at radius 2 is 2.13 bits per heavy atom. The van der Waals surface area contributed by atoms with Crippen LogP contribution in [0.15, 0.2) is 28.7 Å². The van der Waals surface area contributed by atoms with Gasteiger partial charge in [0.05, 0.1) is 6.04 Å². The minimum Gasteiger partial charge on any atom is -0.459 e. The lowest BCUT2D eigenvalue weighted by Crippen LogP contribution is -2.14. The van der Waals surface area contributed by atoms with E-state index in [9.17, 15) is 0 Å². The van der Waals surface area contributed by atoms with Gasteiger partial charge >= 0.3 is 0 Å². The van der Waals surface area contributed by atoms with Crippen LogP contribution in [0.5, 0.6) is 0 Å². The quantitative estimate of drug-likeness (QED) is 0.827. The molecular weight excluding hydrogens is 186 g/mol. The van der Waals surface area contributed by atoms with Crippen LogP contribution in [-0.2, 0) is 0 Å². The van der Waals surface area contributed by atoms with Gasteiger partial charge in [-0.25, -0.2) is 0 Å². The topological polar surface area (TPSA) is 25.2 Å². The van der Waals surface area contributed by atoms with E-state index in [1.54, 1.807) is 0 Å². The van der Waals surface area contributed by atoms with Crippen molar-refractivity contribution < 1.29 is 4.42 Å². The Bertz CT molecular complexity index is 455. The predicted octanol–water partition coefficient (Wildman–Crippen LogP) is 3.41. The smallest absolute Gasteiger partial charge is 0.134 e. The molecule has 0 radical (unpaired) electrons. The summed E-state index contributed by atoms with van der Waals surface area (Å²) in [5.41, 5.74) is 2.25. The second-order valence-electron chi connectivity index (χ2n) is 3.94. The maximum Gasteiger partial charge on any atom is 0.134 e. The van der Waals surface area contributed by atoms with Gasteiger partial charge in [0, 0.05) is 5.39 Å². The first-order valence-corrected chi connectivity index (χ1v) is 5.42. The highest BCUT2D eigenvalue weighted by atomic mass is 16.3. The molecule has 15 heavy (non-hydrogen) atoms. The average Bonchev–Trinajstić information content (AvgIpc) is 2.62. The summed E-state index contributed by atoms with van der Waals surface area (Å²) < 4.78 is 5.80. The Hall–Kier alpha value is -1.28. The van der Waals surface area contributed by atoms with E-state index in [1.807, 2.05) is 13.1 Å². The third kappa shape index (κ3) is 1.90. The highest BCUT2D eigenvalue weighted by molar-refractivity contribution is 5.78. The Morgan fingerprint density at radius 1 is 1.33 bits per heavy atom. The van der Waals surface area contributed by atoms with Crippen molar-refractivity contribution in [3.05, 3.63) is 35.6 Å². The second kappa shape index (κ2) is 4.07. The summed E-state index contributed by atoms with van der Waals surface area (Å²) in [6.45, 7) is 4.25. The zero-order valence-corrected chi connectivity index (χ0v) is 9.50. The fourth-order valence-corrected chi connectivity index (χ4v) is 1.90. The van der Waals surface area contributed by atoms with E-state index in [0.717, 1.165) is 17.8 Å². The lowest BCUT2D eigenvalue weighted by atomic mass is 10.1. The van der Waals surface area contributed by atoms with E-state index in [-0.39, 0.29) is 0 Å². The predicted molar refractivity (Wildman–Crippen MR) is 63.0 cm³/mol. The number of nitrogens with one attached hydrogen (secondary N) is 1. The maximum absolute atomic E-state index is 5.80. The second-order valence-corrected chi connectivity index (χ2v) is 3.94. The van der Waals surface area contributed by atoms with Gasteiger partial charge in [-0.15, -0.1) is 0 Å². The molecule has 1 N–H and O–H groups in total. The van der Waals surface area contributed by atoms with Crippen molar-refractivity contribution in [2.45, 2.75) is 26.3 Å². The maximum atomic E-state index is 5.80. The molecule has 0 fully saturated rings. The van der Waals surface area contributed by atoms with Crippen LogP contribution in [0.25, 0.3) is 11.0 Å². The lowest BCUT2D eigenvalue weighted by molar-refractivity contribution is 0.444. The van der Waals surface area contributed by atoms with Gasteiger partial charge in [-0.2, -0.15) is 0 Å². The van der Waals surface area contributed by atoms with E-state index < -0.39 is 0 Å². The third-order valence-corrected chi connectivity index (χ3v) is 2.79. The number of benzene rings is 1. The Kier molecular flexibility index (Phi) is 2.78. The van der Waals surface area contributed by atoms with Crippen LogP contribution in [0.2, 0.25) is 0 Å². The summed E-state index contributed by atoms with van der Waals surface area (Å²) >= 11 is 0. The van der Waals surface area contributed by atoms with Crippen molar-refractivity contribution in [1.82, 2.24) is 5.32 Å². The van der Waals surface area contributed by atoms with E-state index >= 15 is 0 Å². The number of aryl methyl sites for hydroxylation is 1. The number of furan rings is 1. The lowest BCUT2D eigenvalue weighted by Gasteiger charge is -2.09. The molecule has 1 aromatic carbocycles. The molecule has 1 unspecified atom stereocenters. The van der Waals surface area contributed by atoms with Crippen LogP contribution in [0.4, 0.5) is 0 Å². The number of hydrogen-bond donors (Lipinski definition) is 1. The summed E-state index contributed by atoms with van der Waals surface area (Å²) in [5.74, 6) is 1.03. The fraction of sp³-hybridized carbons (Fsp3) is 0.385. The molecule has 80 valence electrons. The van der Waals surface area contributed by atoms with E-state index in [4.69, 9.17) is 4.42 Å².